The summed E-state index contributed by atoms with van der Waals surface area (Å²) >= 11 is 0. The molecule has 0 spiro atoms. The lowest BCUT2D eigenvalue weighted by Gasteiger charge is -2.37. The van der Waals surface area contributed by atoms with Crippen LogP contribution in [0.2, 0.25) is 0 Å². The molecule has 1 aromatic heterocycles. The van der Waals surface area contributed by atoms with Crippen LogP contribution in [0.4, 0.5) is 0 Å². The second-order valence-corrected chi connectivity index (χ2v) is 37.5. The van der Waals surface area contributed by atoms with Gasteiger partial charge in [0, 0.05) is 49.8 Å². The van der Waals surface area contributed by atoms with Gasteiger partial charge in [-0.15, -0.1) is 26.3 Å². The molecule has 2 unspecified atom stereocenters. The molecular weight excluding hydrogens is 1800 g/mol. The van der Waals surface area contributed by atoms with Crippen LogP contribution in [0.3, 0.4) is 0 Å². The topological polar surface area (TPSA) is 672 Å². The van der Waals surface area contributed by atoms with E-state index < -0.39 is 233 Å². The number of nitrogens with two attached hydrogens (primary N) is 4. The van der Waals surface area contributed by atoms with Crippen LogP contribution in [-0.4, -0.2) is 229 Å². The molecule has 3 rings (SSSR count). The molecule has 0 aliphatic heterocycles. The maximum absolute atomic E-state index is 15.8. The lowest BCUT2D eigenvalue weighted by atomic mass is 9.85. The fourth-order valence-corrected chi connectivity index (χ4v) is 15.7. The van der Waals surface area contributed by atoms with Crippen molar-refractivity contribution in [1.29, 1.82) is 5.41 Å². The Balaban J connectivity index is 2.20. The molecule has 140 heavy (non-hydrogen) atoms. The average Bonchev–Trinajstić information content (AvgIpc) is 1.47. The summed E-state index contributed by atoms with van der Waals surface area (Å²) in [5, 5.41) is 53.9. The molecule has 776 valence electrons. The number of allylic oxidation sites excluding steroid dienone is 4. The quantitative estimate of drug-likeness (QED) is 0.00962. The standard InChI is InChI=1S/C99H155N21O20/c1-16-20-24-25-26-35-46-97(14,63(12)123)118-115-73(52-60(7)8)85(130)84(129)72(51-59(5)6)109-89(134)70(41-36-50-105-96(103)104)108-92(137)76(55-66-57-106-68-40-31-30-39-67(66)68)111-91(136)75(53-61(9)10)110-93(138)77(56-81(102)127)113-95(140)99(48-33-22-18-3,49-34-23-19-4)120-116-74(54-65-37-28-27-29-38-65)86(131)88(133)82(62(11)122)114-90(135)71(43-45-80(101)126)112-94(139)98(15,47-32-21-17-2)119-117-78(58-121)87(132)83(128)69(107-64(13)124)42-44-79(100)125/h16-19,27-31,37-40,57,59-62,69-78,82,106,115-122H,1-4,20-26,32-36,41-56,58H2,5-15H3,(H2,100,125)(H2,101,126)(H2,102,127)(H,107,124)(H,108,137)(H,109,134)(H,110,138)(H,111,136)(H,112,139)(H,113,140)(H,114,135)(H4,103,104,105)/t62-,69+,70?,71+,72+,73+,74+,75?,76+,77+,78+,82+,97+,98-/m1/s1. The summed E-state index contributed by atoms with van der Waals surface area (Å²) in [6.07, 6.45) is 8.21. The zero-order valence-corrected chi connectivity index (χ0v) is 83.1. The van der Waals surface area contributed by atoms with E-state index in [9.17, 15) is 63.0 Å². The fraction of sp³-hybridized carbons (Fsp3) is 0.586. The summed E-state index contributed by atoms with van der Waals surface area (Å²) in [5.41, 5.74) is 36.1. The number of aromatic nitrogens is 1. The van der Waals surface area contributed by atoms with Gasteiger partial charge in [-0.05, 0) is 191 Å². The molecule has 0 saturated carbocycles. The zero-order chi connectivity index (χ0) is 105. The number of Topliss-reactive ketones (excluding diaryl/α,β-unsaturated/α-hetero) is 7. The number of aromatic amines is 1. The van der Waals surface area contributed by atoms with E-state index in [0.29, 0.717) is 41.3 Å². The van der Waals surface area contributed by atoms with Gasteiger partial charge in [-0.1, -0.05) is 134 Å². The average molecular weight is 1960 g/mol. The summed E-state index contributed by atoms with van der Waals surface area (Å²) < 4.78 is 0. The Bertz CT molecular complexity index is 4700. The summed E-state index contributed by atoms with van der Waals surface area (Å²) in [7, 11) is 0. The van der Waals surface area contributed by atoms with E-state index in [-0.39, 0.29) is 127 Å². The summed E-state index contributed by atoms with van der Waals surface area (Å²) in [6, 6.07) is -3.03. The summed E-state index contributed by atoms with van der Waals surface area (Å²) in [6.45, 7) is 31.5. The maximum atomic E-state index is 15.8. The van der Waals surface area contributed by atoms with Gasteiger partial charge in [0.25, 0.3) is 0 Å². The minimum atomic E-state index is -2.14. The van der Waals surface area contributed by atoms with Crippen molar-refractivity contribution in [3.63, 3.8) is 0 Å². The molecular formula is C99H155N21O20. The van der Waals surface area contributed by atoms with Crippen LogP contribution in [0.25, 0.3) is 10.9 Å². The number of hydrogen-bond donors (Lipinski definition) is 23. The molecule has 1 heterocycles. The Morgan fingerprint density at radius 2 is 0.871 bits per heavy atom. The number of nitrogens with one attached hydrogen (secondary N) is 17. The van der Waals surface area contributed by atoms with E-state index in [1.54, 1.807) is 108 Å². The molecule has 0 radical (unpaired) electrons. The number of rotatable bonds is 77. The van der Waals surface area contributed by atoms with Crippen LogP contribution in [0.1, 0.15) is 248 Å². The first-order chi connectivity index (χ1) is 66.1. The first kappa shape index (κ1) is 122. The van der Waals surface area contributed by atoms with E-state index in [2.05, 4.69) is 112 Å². The highest BCUT2D eigenvalue weighted by Gasteiger charge is 2.46. The van der Waals surface area contributed by atoms with E-state index in [1.807, 2.05) is 19.9 Å². The Hall–Kier alpha value is -12.2. The maximum Gasteiger partial charge on any atom is 0.243 e. The molecule has 0 fully saturated rings. The number of guanidine groups is 1. The van der Waals surface area contributed by atoms with Crippen molar-refractivity contribution in [3.8, 4) is 0 Å². The number of aliphatic hydroxyl groups is 2. The van der Waals surface area contributed by atoms with Crippen LogP contribution in [0.15, 0.2) is 111 Å². The number of hydrogen-bond acceptors (Lipinski definition) is 27. The van der Waals surface area contributed by atoms with Gasteiger partial charge in [-0.2, -0.15) is 0 Å². The number of carbonyl (C=O) groups is 18. The summed E-state index contributed by atoms with van der Waals surface area (Å²) in [4.78, 5) is 259. The van der Waals surface area contributed by atoms with Gasteiger partial charge in [-0.25, -0.2) is 32.6 Å². The van der Waals surface area contributed by atoms with Crippen molar-refractivity contribution >= 4 is 122 Å². The van der Waals surface area contributed by atoms with E-state index in [4.69, 9.17) is 28.3 Å². The number of aliphatic hydroxyl groups excluding tert-OH is 2. The third-order valence-electron chi connectivity index (χ3n) is 23.8. The van der Waals surface area contributed by atoms with Crippen molar-refractivity contribution in [3.05, 3.63) is 123 Å². The van der Waals surface area contributed by atoms with Gasteiger partial charge in [0.2, 0.25) is 99.7 Å². The number of fused-ring (bicyclic) bond motifs is 1. The van der Waals surface area contributed by atoms with Crippen LogP contribution in [-0.2, 0) is 99.1 Å². The SMILES string of the molecule is C=CCCCCCC[C@](C)(NN[C@@H](CC(C)C)C(=O)C(=O)[C@H](CC(C)C)NC(=O)C(CCCNC(=N)N)NC(=O)[C@H](Cc1c[nH]c2ccccc12)NC(=O)C(CC(C)C)NC(=O)[C@H](CC(N)=O)NC(=O)C(CCCC=C)(CCCC=C)NN[C@@H](Cc1ccccc1)C(=O)C(=O)[C@@H](NC(=O)[C@H](CCC(N)=O)NC(=O)[C@@](C)(CCCC=C)NN[C@@H](CO)C(=O)C(=O)[C@H](CCC(N)=O)NC(C)=O)[C@@H](C)O)C(C)=O. The highest BCUT2D eigenvalue weighted by Crippen LogP contribution is 2.27. The van der Waals surface area contributed by atoms with Crippen LogP contribution >= 0.6 is 0 Å². The van der Waals surface area contributed by atoms with Gasteiger partial charge in [-0.3, -0.25) is 91.7 Å². The largest absolute Gasteiger partial charge is 0.394 e. The van der Waals surface area contributed by atoms with Crippen molar-refractivity contribution in [2.24, 2.45) is 40.7 Å². The number of carbonyl (C=O) groups excluding carboxylic acids is 18. The molecule has 0 aliphatic rings. The number of ketones is 7. The molecule has 41 heteroatoms. The monoisotopic (exact) mass is 1960 g/mol. The van der Waals surface area contributed by atoms with Gasteiger partial charge in [0.15, 0.2) is 11.7 Å². The van der Waals surface area contributed by atoms with Gasteiger partial charge in [0.05, 0.1) is 48.8 Å². The second kappa shape index (κ2) is 62.7. The first-order valence-corrected chi connectivity index (χ1v) is 48.1. The number of para-hydroxylation sites is 1. The minimum absolute atomic E-state index is 0.0233. The molecule has 14 atom stereocenters. The Labute approximate surface area is 820 Å². The highest BCUT2D eigenvalue weighted by atomic mass is 16.3. The number of H-pyrrole nitrogens is 1. The number of hydrazine groups is 3. The van der Waals surface area contributed by atoms with Crippen molar-refractivity contribution < 1.29 is 96.5 Å². The third kappa shape index (κ3) is 42.8. The minimum Gasteiger partial charge on any atom is -0.394 e. The Kier molecular flexibility index (Phi) is 54.6. The van der Waals surface area contributed by atoms with Crippen LogP contribution in [0.5, 0.6) is 0 Å². The smallest absolute Gasteiger partial charge is 0.243 e. The number of amides is 11. The van der Waals surface area contributed by atoms with Gasteiger partial charge in [0.1, 0.15) is 53.4 Å². The third-order valence-corrected chi connectivity index (χ3v) is 23.8. The second-order valence-electron chi connectivity index (χ2n) is 37.5. The predicted octanol–water partition coefficient (Wildman–Crippen LogP) is 2.28. The van der Waals surface area contributed by atoms with Crippen LogP contribution in [0, 0.1) is 23.2 Å². The zero-order valence-electron chi connectivity index (χ0n) is 83.1. The van der Waals surface area contributed by atoms with Crippen LogP contribution < -0.4 is 103 Å². The first-order valence-electron chi connectivity index (χ1n) is 48.1. The fourth-order valence-electron chi connectivity index (χ4n) is 15.7. The molecule has 41 nitrogen and oxygen atoms in total. The van der Waals surface area contributed by atoms with Crippen molar-refractivity contribution in [2.45, 2.75) is 339 Å². The lowest BCUT2D eigenvalue weighted by Crippen LogP contribution is -2.67. The van der Waals surface area contributed by atoms with E-state index in [1.165, 1.54) is 19.9 Å². The molecule has 27 N–H and O–H groups in total. The Morgan fingerprint density at radius 1 is 0.429 bits per heavy atom. The van der Waals surface area contributed by atoms with Crippen molar-refractivity contribution in [2.75, 3.05) is 13.2 Å². The van der Waals surface area contributed by atoms with Gasteiger partial charge >= 0.3 is 0 Å². The van der Waals surface area contributed by atoms with E-state index >= 15 is 33.6 Å². The summed E-state index contributed by atoms with van der Waals surface area (Å²) in [5.74, 6) is -19.5. The lowest BCUT2D eigenvalue weighted by molar-refractivity contribution is -0.143. The van der Waals surface area contributed by atoms with E-state index in [0.717, 1.165) is 39.5 Å². The number of primary amides is 3. The number of unbranched alkanes of at least 4 members (excludes halogenated alkanes) is 7. The molecule has 3 aromatic rings. The highest BCUT2D eigenvalue weighted by molar-refractivity contribution is 6.42. The molecule has 0 saturated heterocycles. The molecule has 11 amide bonds. The number of benzene rings is 2. The van der Waals surface area contributed by atoms with Gasteiger partial charge < -0.3 is 86.0 Å². The Morgan fingerprint density at radius 3 is 1.43 bits per heavy atom. The normalized spacial score (nSPS) is 14.9. The molecule has 2 aromatic carbocycles. The molecule has 0 bridgehead atoms. The predicted molar refractivity (Wildman–Crippen MR) is 531 cm³/mol. The van der Waals surface area contributed by atoms with Crippen molar-refractivity contribution in [1.82, 2.24) is 85.4 Å². The molecule has 0 aliphatic carbocycles.